The van der Waals surface area contributed by atoms with Gasteiger partial charge in [-0.15, -0.1) is 0 Å². The second kappa shape index (κ2) is 3.68. The number of hydrogen-bond acceptors (Lipinski definition) is 2. The molecule has 10 heavy (non-hydrogen) atoms. The van der Waals surface area contributed by atoms with Gasteiger partial charge in [0.25, 0.3) is 0 Å². The van der Waals surface area contributed by atoms with E-state index < -0.39 is 0 Å². The van der Waals surface area contributed by atoms with E-state index in [2.05, 4.69) is 26.2 Å². The monoisotopic (exact) mass is 200 g/mol. The molecule has 0 aliphatic rings. The minimum Gasteiger partial charge on any atom is -0.314 e. The van der Waals surface area contributed by atoms with Crippen LogP contribution in [0.5, 0.6) is 0 Å². The van der Waals surface area contributed by atoms with Gasteiger partial charge in [0, 0.05) is 17.2 Å². The lowest BCUT2D eigenvalue weighted by Crippen LogP contribution is -2.06. The molecule has 1 N–H and O–H groups in total. The Morgan fingerprint density at radius 3 is 3.10 bits per heavy atom. The SMILES string of the molecule is CNCc1ncccc1Br. The molecule has 0 spiro atoms. The topological polar surface area (TPSA) is 24.9 Å². The van der Waals surface area contributed by atoms with E-state index in [1.807, 2.05) is 19.2 Å². The van der Waals surface area contributed by atoms with Gasteiger partial charge in [-0.3, -0.25) is 4.98 Å². The van der Waals surface area contributed by atoms with Gasteiger partial charge in [0.15, 0.2) is 0 Å². The Hall–Kier alpha value is -0.410. The van der Waals surface area contributed by atoms with E-state index in [9.17, 15) is 0 Å². The van der Waals surface area contributed by atoms with E-state index in [4.69, 9.17) is 0 Å². The lowest BCUT2D eigenvalue weighted by atomic mass is 10.3. The minimum absolute atomic E-state index is 0.807. The molecule has 0 unspecified atom stereocenters. The molecule has 0 radical (unpaired) electrons. The molecule has 0 atom stereocenters. The number of nitrogens with one attached hydrogen (secondary N) is 1. The standard InChI is InChI=1S/C7H9BrN2/c1-9-5-7-6(8)3-2-4-10-7/h2-4,9H,5H2,1H3. The van der Waals surface area contributed by atoms with Crippen LogP contribution in [0, 0.1) is 0 Å². The molecule has 1 aromatic heterocycles. The van der Waals surface area contributed by atoms with Gasteiger partial charge >= 0.3 is 0 Å². The van der Waals surface area contributed by atoms with Crippen LogP contribution < -0.4 is 5.32 Å². The molecular formula is C7H9BrN2. The smallest absolute Gasteiger partial charge is 0.0683 e. The number of aromatic nitrogens is 1. The van der Waals surface area contributed by atoms with E-state index in [1.54, 1.807) is 6.20 Å². The summed E-state index contributed by atoms with van der Waals surface area (Å²) < 4.78 is 1.06. The molecule has 0 fully saturated rings. The van der Waals surface area contributed by atoms with Crippen molar-refractivity contribution in [2.75, 3.05) is 7.05 Å². The van der Waals surface area contributed by atoms with Gasteiger partial charge in [0.1, 0.15) is 0 Å². The van der Waals surface area contributed by atoms with Gasteiger partial charge in [0.05, 0.1) is 5.69 Å². The van der Waals surface area contributed by atoms with Crippen LogP contribution in [-0.2, 0) is 6.54 Å². The lowest BCUT2D eigenvalue weighted by molar-refractivity contribution is 0.787. The number of hydrogen-bond donors (Lipinski definition) is 1. The largest absolute Gasteiger partial charge is 0.314 e. The highest BCUT2D eigenvalue weighted by molar-refractivity contribution is 9.10. The minimum atomic E-state index is 0.807. The molecule has 54 valence electrons. The van der Waals surface area contributed by atoms with E-state index in [0.29, 0.717) is 0 Å². The maximum atomic E-state index is 4.16. The summed E-state index contributed by atoms with van der Waals surface area (Å²) in [6, 6.07) is 3.89. The summed E-state index contributed by atoms with van der Waals surface area (Å²) in [5.41, 5.74) is 1.05. The van der Waals surface area contributed by atoms with Crippen molar-refractivity contribution in [3.05, 3.63) is 28.5 Å². The Morgan fingerprint density at radius 2 is 2.50 bits per heavy atom. The summed E-state index contributed by atoms with van der Waals surface area (Å²) in [6.45, 7) is 0.807. The van der Waals surface area contributed by atoms with Crippen LogP contribution in [0.15, 0.2) is 22.8 Å². The summed E-state index contributed by atoms with van der Waals surface area (Å²) in [6.07, 6.45) is 1.79. The molecule has 0 saturated heterocycles. The fourth-order valence-electron chi connectivity index (χ4n) is 0.716. The fourth-order valence-corrected chi connectivity index (χ4v) is 1.11. The van der Waals surface area contributed by atoms with E-state index in [1.165, 1.54) is 0 Å². The number of pyridine rings is 1. The Morgan fingerprint density at radius 1 is 1.70 bits per heavy atom. The van der Waals surface area contributed by atoms with Crippen LogP contribution in [0.4, 0.5) is 0 Å². The highest BCUT2D eigenvalue weighted by Gasteiger charge is 1.95. The third-order valence-corrected chi connectivity index (χ3v) is 1.90. The predicted molar refractivity (Wildman–Crippen MR) is 44.7 cm³/mol. The molecule has 0 saturated carbocycles. The van der Waals surface area contributed by atoms with Gasteiger partial charge in [-0.2, -0.15) is 0 Å². The Bertz CT molecular complexity index is 213. The molecule has 0 aromatic carbocycles. The Kier molecular flexibility index (Phi) is 2.83. The van der Waals surface area contributed by atoms with Crippen LogP contribution >= 0.6 is 15.9 Å². The summed E-state index contributed by atoms with van der Waals surface area (Å²) in [5.74, 6) is 0. The predicted octanol–water partition coefficient (Wildman–Crippen LogP) is 1.56. The summed E-state index contributed by atoms with van der Waals surface area (Å²) in [5, 5.41) is 3.03. The zero-order valence-corrected chi connectivity index (χ0v) is 7.35. The molecule has 1 heterocycles. The Balaban J connectivity index is 2.81. The number of halogens is 1. The Labute approximate surface area is 68.8 Å². The molecule has 1 rings (SSSR count). The first-order valence-electron chi connectivity index (χ1n) is 3.08. The summed E-state index contributed by atoms with van der Waals surface area (Å²) in [4.78, 5) is 4.16. The maximum Gasteiger partial charge on any atom is 0.0683 e. The van der Waals surface area contributed by atoms with Crippen molar-refractivity contribution in [1.82, 2.24) is 10.3 Å². The van der Waals surface area contributed by atoms with Crippen LogP contribution in [0.2, 0.25) is 0 Å². The van der Waals surface area contributed by atoms with Crippen molar-refractivity contribution in [3.63, 3.8) is 0 Å². The van der Waals surface area contributed by atoms with Crippen molar-refractivity contribution in [2.24, 2.45) is 0 Å². The van der Waals surface area contributed by atoms with Crippen molar-refractivity contribution in [1.29, 1.82) is 0 Å². The molecule has 0 amide bonds. The van der Waals surface area contributed by atoms with Crippen molar-refractivity contribution < 1.29 is 0 Å². The summed E-state index contributed by atoms with van der Waals surface area (Å²) >= 11 is 3.39. The number of rotatable bonds is 2. The van der Waals surface area contributed by atoms with Crippen LogP contribution in [0.3, 0.4) is 0 Å². The van der Waals surface area contributed by atoms with Gasteiger partial charge < -0.3 is 5.32 Å². The molecule has 3 heteroatoms. The lowest BCUT2D eigenvalue weighted by Gasteiger charge is -1.99. The molecular weight excluding hydrogens is 192 g/mol. The van der Waals surface area contributed by atoms with Crippen molar-refractivity contribution >= 4 is 15.9 Å². The average molecular weight is 201 g/mol. The van der Waals surface area contributed by atoms with Gasteiger partial charge in [0.2, 0.25) is 0 Å². The highest BCUT2D eigenvalue weighted by atomic mass is 79.9. The van der Waals surface area contributed by atoms with Gasteiger partial charge in [-0.05, 0) is 35.1 Å². The number of nitrogens with zero attached hydrogens (tertiary/aromatic N) is 1. The quantitative estimate of drug-likeness (QED) is 0.785. The van der Waals surface area contributed by atoms with E-state index in [-0.39, 0.29) is 0 Å². The molecule has 0 aliphatic carbocycles. The van der Waals surface area contributed by atoms with Crippen LogP contribution in [0.25, 0.3) is 0 Å². The second-order valence-corrected chi connectivity index (χ2v) is 2.82. The first kappa shape index (κ1) is 7.69. The fraction of sp³-hybridized carbons (Fsp3) is 0.286. The second-order valence-electron chi connectivity index (χ2n) is 1.96. The molecule has 0 bridgehead atoms. The molecule has 0 aliphatic heterocycles. The maximum absolute atomic E-state index is 4.16. The van der Waals surface area contributed by atoms with E-state index >= 15 is 0 Å². The first-order valence-corrected chi connectivity index (χ1v) is 3.88. The zero-order chi connectivity index (χ0) is 7.40. The summed E-state index contributed by atoms with van der Waals surface area (Å²) in [7, 11) is 1.90. The van der Waals surface area contributed by atoms with Gasteiger partial charge in [-0.1, -0.05) is 0 Å². The van der Waals surface area contributed by atoms with Crippen molar-refractivity contribution in [3.8, 4) is 0 Å². The third-order valence-electron chi connectivity index (χ3n) is 1.18. The van der Waals surface area contributed by atoms with E-state index in [0.717, 1.165) is 16.7 Å². The molecule has 2 nitrogen and oxygen atoms in total. The van der Waals surface area contributed by atoms with Crippen LogP contribution in [0.1, 0.15) is 5.69 Å². The first-order chi connectivity index (χ1) is 4.84. The molecule has 1 aromatic rings. The van der Waals surface area contributed by atoms with Gasteiger partial charge in [-0.25, -0.2) is 0 Å². The highest BCUT2D eigenvalue weighted by Crippen LogP contribution is 2.11. The van der Waals surface area contributed by atoms with Crippen LogP contribution in [-0.4, -0.2) is 12.0 Å². The average Bonchev–Trinajstić information content (AvgIpc) is 1.94. The van der Waals surface area contributed by atoms with Crippen molar-refractivity contribution in [2.45, 2.75) is 6.54 Å². The normalized spacial score (nSPS) is 9.80. The third kappa shape index (κ3) is 1.78. The zero-order valence-electron chi connectivity index (χ0n) is 5.76.